The maximum Gasteiger partial charge on any atom is 0.216 e. The second kappa shape index (κ2) is 5.06. The quantitative estimate of drug-likeness (QED) is 0.709. The zero-order valence-electron chi connectivity index (χ0n) is 10.7. The van der Waals surface area contributed by atoms with Crippen molar-refractivity contribution in [3.8, 4) is 5.88 Å². The van der Waals surface area contributed by atoms with Crippen LogP contribution in [-0.2, 0) is 0 Å². The average molecular weight is 250 g/mol. The first-order chi connectivity index (χ1) is 9.34. The number of ether oxygens (including phenoxy) is 1. The largest absolute Gasteiger partial charge is 0.470 e. The minimum atomic E-state index is -0.0546. The third-order valence-electron chi connectivity index (χ3n) is 3.11. The Kier molecular flexibility index (Phi) is 3.11. The maximum absolute atomic E-state index is 5.86. The van der Waals surface area contributed by atoms with E-state index in [2.05, 4.69) is 40.3 Å². The van der Waals surface area contributed by atoms with Crippen molar-refractivity contribution in [1.82, 2.24) is 9.97 Å². The van der Waals surface area contributed by atoms with E-state index in [4.69, 9.17) is 4.74 Å². The first-order valence-corrected chi connectivity index (χ1v) is 6.25. The molecule has 0 radical (unpaired) electrons. The summed E-state index contributed by atoms with van der Waals surface area (Å²) in [5.41, 5.74) is 1.16. The van der Waals surface area contributed by atoms with Gasteiger partial charge in [0.25, 0.3) is 0 Å². The summed E-state index contributed by atoms with van der Waals surface area (Å²) in [6.45, 7) is 2.03. The van der Waals surface area contributed by atoms with Gasteiger partial charge in [0.2, 0.25) is 5.88 Å². The maximum atomic E-state index is 5.86. The van der Waals surface area contributed by atoms with E-state index < -0.39 is 0 Å². The third kappa shape index (κ3) is 2.40. The number of hydrogen-bond acceptors (Lipinski definition) is 3. The summed E-state index contributed by atoms with van der Waals surface area (Å²) >= 11 is 0. The fourth-order valence-corrected chi connectivity index (χ4v) is 2.20. The van der Waals surface area contributed by atoms with Crippen molar-refractivity contribution in [3.63, 3.8) is 0 Å². The van der Waals surface area contributed by atoms with Gasteiger partial charge in [-0.05, 0) is 23.3 Å². The lowest BCUT2D eigenvalue weighted by molar-refractivity contribution is 0.218. The second-order valence-electron chi connectivity index (χ2n) is 4.38. The molecule has 3 heteroatoms. The second-order valence-corrected chi connectivity index (χ2v) is 4.38. The molecule has 0 aliphatic rings. The molecule has 0 saturated carbocycles. The summed E-state index contributed by atoms with van der Waals surface area (Å²) in [7, 11) is 0. The zero-order chi connectivity index (χ0) is 13.1. The van der Waals surface area contributed by atoms with E-state index in [1.165, 1.54) is 17.1 Å². The van der Waals surface area contributed by atoms with Gasteiger partial charge in [-0.25, -0.2) is 9.97 Å². The summed E-state index contributed by atoms with van der Waals surface area (Å²) in [4.78, 5) is 7.98. The molecule has 1 aromatic heterocycles. The van der Waals surface area contributed by atoms with Gasteiger partial charge in [-0.3, -0.25) is 0 Å². The summed E-state index contributed by atoms with van der Waals surface area (Å²) in [5, 5.41) is 2.43. The van der Waals surface area contributed by atoms with Crippen LogP contribution in [0.1, 0.15) is 18.6 Å². The van der Waals surface area contributed by atoms with Crippen LogP contribution < -0.4 is 4.74 Å². The number of hydrogen-bond donors (Lipinski definition) is 0. The van der Waals surface area contributed by atoms with Gasteiger partial charge in [-0.15, -0.1) is 0 Å². The molecule has 1 atom stereocenters. The molecule has 3 aromatic rings. The average Bonchev–Trinajstić information content (AvgIpc) is 2.47. The molecule has 0 amide bonds. The fraction of sp³-hybridized carbons (Fsp3) is 0.125. The number of aromatic nitrogens is 2. The van der Waals surface area contributed by atoms with Gasteiger partial charge in [-0.2, -0.15) is 0 Å². The monoisotopic (exact) mass is 250 g/mol. The number of nitrogens with zero attached hydrogens (tertiary/aromatic N) is 2. The molecule has 3 rings (SSSR count). The highest BCUT2D eigenvalue weighted by Crippen LogP contribution is 2.26. The molecule has 2 aromatic carbocycles. The lowest BCUT2D eigenvalue weighted by Gasteiger charge is -2.16. The minimum absolute atomic E-state index is 0.0546. The van der Waals surface area contributed by atoms with Crippen LogP contribution in [0.25, 0.3) is 10.8 Å². The van der Waals surface area contributed by atoms with Gasteiger partial charge in [0, 0.05) is 12.3 Å². The topological polar surface area (TPSA) is 35.0 Å². The molecule has 94 valence electrons. The molecule has 0 spiro atoms. The van der Waals surface area contributed by atoms with Crippen molar-refractivity contribution in [2.24, 2.45) is 0 Å². The zero-order valence-corrected chi connectivity index (χ0v) is 10.7. The van der Waals surface area contributed by atoms with Gasteiger partial charge in [0.1, 0.15) is 12.4 Å². The Morgan fingerprint density at radius 3 is 2.68 bits per heavy atom. The molecule has 1 heterocycles. The Balaban J connectivity index is 1.96. The Morgan fingerprint density at radius 2 is 1.84 bits per heavy atom. The van der Waals surface area contributed by atoms with Crippen LogP contribution in [0, 0.1) is 0 Å². The predicted molar refractivity (Wildman–Crippen MR) is 75.0 cm³/mol. The van der Waals surface area contributed by atoms with Crippen LogP contribution >= 0.6 is 0 Å². The number of fused-ring (bicyclic) bond motifs is 1. The molecule has 0 fully saturated rings. The molecular formula is C16H14N2O. The Hall–Kier alpha value is -2.42. The smallest absolute Gasteiger partial charge is 0.216 e. The van der Waals surface area contributed by atoms with Crippen molar-refractivity contribution in [1.29, 1.82) is 0 Å². The molecule has 3 nitrogen and oxygen atoms in total. The minimum Gasteiger partial charge on any atom is -0.470 e. The normalized spacial score (nSPS) is 12.3. The third-order valence-corrected chi connectivity index (χ3v) is 3.11. The SMILES string of the molecule is CC(Oc1ccncn1)c1cccc2ccccc12. The Labute approximate surface area is 111 Å². The van der Waals surface area contributed by atoms with E-state index in [0.29, 0.717) is 5.88 Å². The van der Waals surface area contributed by atoms with Crippen molar-refractivity contribution < 1.29 is 4.74 Å². The lowest BCUT2D eigenvalue weighted by atomic mass is 10.0. The predicted octanol–water partition coefficient (Wildman–Crippen LogP) is 3.77. The standard InChI is InChI=1S/C16H14N2O/c1-12(19-16-9-10-17-11-18-16)14-8-4-6-13-5-2-3-7-15(13)14/h2-12H,1H3. The number of benzene rings is 2. The van der Waals surface area contributed by atoms with E-state index in [1.807, 2.05) is 19.1 Å². The summed E-state index contributed by atoms with van der Waals surface area (Å²) < 4.78 is 5.86. The fourth-order valence-electron chi connectivity index (χ4n) is 2.20. The Bertz CT molecular complexity index is 677. The molecule has 0 bridgehead atoms. The Morgan fingerprint density at radius 1 is 1.00 bits per heavy atom. The summed E-state index contributed by atoms with van der Waals surface area (Å²) in [6, 6.07) is 16.3. The van der Waals surface area contributed by atoms with E-state index in [1.54, 1.807) is 12.3 Å². The highest BCUT2D eigenvalue weighted by molar-refractivity contribution is 5.85. The van der Waals surface area contributed by atoms with Crippen molar-refractivity contribution in [2.75, 3.05) is 0 Å². The van der Waals surface area contributed by atoms with Gasteiger partial charge in [-0.1, -0.05) is 42.5 Å². The molecule has 0 saturated heterocycles. The van der Waals surface area contributed by atoms with Gasteiger partial charge < -0.3 is 4.74 Å². The van der Waals surface area contributed by atoms with Crippen LogP contribution in [0.4, 0.5) is 0 Å². The van der Waals surface area contributed by atoms with E-state index >= 15 is 0 Å². The molecule has 1 unspecified atom stereocenters. The number of rotatable bonds is 3. The van der Waals surface area contributed by atoms with Crippen LogP contribution in [-0.4, -0.2) is 9.97 Å². The van der Waals surface area contributed by atoms with Gasteiger partial charge >= 0.3 is 0 Å². The van der Waals surface area contributed by atoms with E-state index in [0.717, 1.165) is 5.56 Å². The highest BCUT2D eigenvalue weighted by atomic mass is 16.5. The van der Waals surface area contributed by atoms with Crippen LogP contribution in [0.2, 0.25) is 0 Å². The van der Waals surface area contributed by atoms with E-state index in [9.17, 15) is 0 Å². The van der Waals surface area contributed by atoms with Crippen molar-refractivity contribution in [3.05, 3.63) is 66.6 Å². The molecule has 0 N–H and O–H groups in total. The van der Waals surface area contributed by atoms with Crippen LogP contribution in [0.15, 0.2) is 61.1 Å². The van der Waals surface area contributed by atoms with Gasteiger partial charge in [0.05, 0.1) is 0 Å². The molecule has 0 aliphatic carbocycles. The summed E-state index contributed by atoms with van der Waals surface area (Å²) in [6.07, 6.45) is 3.12. The van der Waals surface area contributed by atoms with E-state index in [-0.39, 0.29) is 6.10 Å². The lowest BCUT2D eigenvalue weighted by Crippen LogP contribution is -2.04. The molecule has 0 aliphatic heterocycles. The van der Waals surface area contributed by atoms with Crippen LogP contribution in [0.5, 0.6) is 5.88 Å². The molecular weight excluding hydrogens is 236 g/mol. The first-order valence-electron chi connectivity index (χ1n) is 6.25. The highest BCUT2D eigenvalue weighted by Gasteiger charge is 2.11. The first kappa shape index (κ1) is 11.7. The molecule has 19 heavy (non-hydrogen) atoms. The van der Waals surface area contributed by atoms with Crippen molar-refractivity contribution in [2.45, 2.75) is 13.0 Å². The van der Waals surface area contributed by atoms with Crippen LogP contribution in [0.3, 0.4) is 0 Å². The van der Waals surface area contributed by atoms with Crippen molar-refractivity contribution >= 4 is 10.8 Å². The van der Waals surface area contributed by atoms with Gasteiger partial charge in [0.15, 0.2) is 0 Å². The summed E-state index contributed by atoms with van der Waals surface area (Å²) in [5.74, 6) is 0.593.